The van der Waals surface area contributed by atoms with Crippen LogP contribution < -0.4 is 0 Å². The second kappa shape index (κ2) is 5.01. The Kier molecular flexibility index (Phi) is 3.69. The lowest BCUT2D eigenvalue weighted by atomic mass is 10.0. The zero-order chi connectivity index (χ0) is 11.3. The van der Waals surface area contributed by atoms with Crippen LogP contribution in [0.1, 0.15) is 5.56 Å². The number of carbonyl (C=O) groups is 1. The molecule has 4 heteroatoms. The van der Waals surface area contributed by atoms with Gasteiger partial charge in [0.05, 0.1) is 13.2 Å². The fourth-order valence-electron chi connectivity index (χ4n) is 1.19. The normalized spacial score (nSPS) is 11.5. The molecule has 0 aliphatic carbocycles. The first-order valence-corrected chi connectivity index (χ1v) is 4.42. The third kappa shape index (κ3) is 2.99. The van der Waals surface area contributed by atoms with Gasteiger partial charge in [-0.05, 0) is 24.1 Å². The number of hydrogen-bond acceptors (Lipinski definition) is 4. The highest BCUT2D eigenvalue weighted by molar-refractivity contribution is 5.75. The quantitative estimate of drug-likeness (QED) is 0.754. The molecule has 78 valence electrons. The van der Waals surface area contributed by atoms with Crippen LogP contribution in [0, 0.1) is 17.2 Å². The lowest BCUT2D eigenvalue weighted by molar-refractivity contribution is -0.143. The molecule has 1 rings (SSSR count). The minimum atomic E-state index is -0.792. The van der Waals surface area contributed by atoms with Crippen LogP contribution in [0.25, 0.3) is 0 Å². The van der Waals surface area contributed by atoms with Crippen molar-refractivity contribution in [2.45, 2.75) is 6.42 Å². The molecule has 4 nitrogen and oxygen atoms in total. The van der Waals surface area contributed by atoms with Crippen molar-refractivity contribution in [2.75, 3.05) is 7.11 Å². The zero-order valence-electron chi connectivity index (χ0n) is 8.30. The minimum Gasteiger partial charge on any atom is -0.508 e. The summed E-state index contributed by atoms with van der Waals surface area (Å²) in [5.41, 5.74) is 0.810. The van der Waals surface area contributed by atoms with Gasteiger partial charge >= 0.3 is 5.97 Å². The van der Waals surface area contributed by atoms with Gasteiger partial charge in [0.1, 0.15) is 11.7 Å². The number of nitriles is 1. The number of phenols is 1. The smallest absolute Gasteiger partial charge is 0.323 e. The van der Waals surface area contributed by atoms with E-state index in [1.54, 1.807) is 12.1 Å². The van der Waals surface area contributed by atoms with E-state index < -0.39 is 11.9 Å². The molecule has 1 N–H and O–H groups in total. The van der Waals surface area contributed by atoms with Crippen LogP contribution in [0.5, 0.6) is 5.75 Å². The molecule has 1 atom stereocenters. The van der Waals surface area contributed by atoms with Crippen LogP contribution in [0.4, 0.5) is 0 Å². The van der Waals surface area contributed by atoms with Crippen LogP contribution in [0.2, 0.25) is 0 Å². The number of phenolic OH excluding ortho intramolecular Hbond substituents is 1. The first-order chi connectivity index (χ1) is 7.17. The first kappa shape index (κ1) is 11.1. The van der Waals surface area contributed by atoms with E-state index in [4.69, 9.17) is 10.4 Å². The van der Waals surface area contributed by atoms with Gasteiger partial charge in [0.15, 0.2) is 0 Å². The lowest BCUT2D eigenvalue weighted by Crippen LogP contribution is -2.16. The SMILES string of the molecule is COC(=O)C(C#N)Cc1ccc(O)cc1. The number of hydrogen-bond donors (Lipinski definition) is 1. The second-order valence-electron chi connectivity index (χ2n) is 3.08. The van der Waals surface area contributed by atoms with E-state index in [-0.39, 0.29) is 5.75 Å². The molecule has 15 heavy (non-hydrogen) atoms. The molecule has 0 spiro atoms. The van der Waals surface area contributed by atoms with Crippen molar-refractivity contribution in [2.24, 2.45) is 5.92 Å². The maximum Gasteiger partial charge on any atom is 0.323 e. The molecule has 0 saturated heterocycles. The number of benzene rings is 1. The third-order valence-corrected chi connectivity index (χ3v) is 2.02. The first-order valence-electron chi connectivity index (χ1n) is 4.42. The van der Waals surface area contributed by atoms with Gasteiger partial charge in [-0.3, -0.25) is 4.79 Å². The van der Waals surface area contributed by atoms with Gasteiger partial charge in [-0.1, -0.05) is 12.1 Å². The highest BCUT2D eigenvalue weighted by Gasteiger charge is 2.18. The Labute approximate surface area is 87.7 Å². The van der Waals surface area contributed by atoms with Crippen molar-refractivity contribution in [1.82, 2.24) is 0 Å². The van der Waals surface area contributed by atoms with Crippen molar-refractivity contribution in [3.8, 4) is 11.8 Å². The monoisotopic (exact) mass is 205 g/mol. The topological polar surface area (TPSA) is 70.3 Å². The Balaban J connectivity index is 2.72. The fourth-order valence-corrected chi connectivity index (χ4v) is 1.19. The molecule has 0 aliphatic rings. The minimum absolute atomic E-state index is 0.158. The van der Waals surface area contributed by atoms with Gasteiger partial charge < -0.3 is 9.84 Å². The van der Waals surface area contributed by atoms with E-state index in [1.807, 2.05) is 6.07 Å². The van der Waals surface area contributed by atoms with Gasteiger partial charge in [-0.15, -0.1) is 0 Å². The van der Waals surface area contributed by atoms with E-state index in [2.05, 4.69) is 4.74 Å². The Morgan fingerprint density at radius 3 is 2.60 bits per heavy atom. The Morgan fingerprint density at radius 1 is 1.53 bits per heavy atom. The lowest BCUT2D eigenvalue weighted by Gasteiger charge is -2.06. The molecule has 0 aliphatic heterocycles. The molecule has 0 aromatic heterocycles. The van der Waals surface area contributed by atoms with Gasteiger partial charge in [-0.2, -0.15) is 5.26 Å². The summed E-state index contributed by atoms with van der Waals surface area (Å²) in [5.74, 6) is -1.17. The van der Waals surface area contributed by atoms with E-state index in [1.165, 1.54) is 19.2 Å². The molecule has 1 unspecified atom stereocenters. The molecule has 0 heterocycles. The summed E-state index contributed by atoms with van der Waals surface area (Å²) >= 11 is 0. The molecule has 0 radical (unpaired) electrons. The fraction of sp³-hybridized carbons (Fsp3) is 0.273. The number of esters is 1. The maximum atomic E-state index is 11.1. The number of ether oxygens (including phenoxy) is 1. The van der Waals surface area contributed by atoms with Crippen molar-refractivity contribution >= 4 is 5.97 Å². The number of nitrogens with zero attached hydrogens (tertiary/aromatic N) is 1. The summed E-state index contributed by atoms with van der Waals surface area (Å²) in [6.07, 6.45) is 0.295. The van der Waals surface area contributed by atoms with Crippen molar-refractivity contribution in [3.63, 3.8) is 0 Å². The number of carbonyl (C=O) groups excluding carboxylic acids is 1. The molecule has 0 saturated carbocycles. The average molecular weight is 205 g/mol. The molecule has 0 amide bonds. The highest BCUT2D eigenvalue weighted by Crippen LogP contribution is 2.14. The molecule has 1 aromatic rings. The van der Waals surface area contributed by atoms with E-state index in [0.717, 1.165) is 5.56 Å². The summed E-state index contributed by atoms with van der Waals surface area (Å²) in [6.45, 7) is 0. The molecule has 1 aromatic carbocycles. The van der Waals surface area contributed by atoms with Crippen LogP contribution in [0.15, 0.2) is 24.3 Å². The van der Waals surface area contributed by atoms with Crippen molar-refractivity contribution in [3.05, 3.63) is 29.8 Å². The third-order valence-electron chi connectivity index (χ3n) is 2.02. The number of aromatic hydroxyl groups is 1. The standard InChI is InChI=1S/C11H11NO3/c1-15-11(14)9(7-12)6-8-2-4-10(13)5-3-8/h2-5,9,13H,6H2,1H3. The van der Waals surface area contributed by atoms with Crippen molar-refractivity contribution in [1.29, 1.82) is 5.26 Å². The molecular formula is C11H11NO3. The van der Waals surface area contributed by atoms with Gasteiger partial charge in [0.25, 0.3) is 0 Å². The summed E-state index contributed by atoms with van der Waals surface area (Å²) in [4.78, 5) is 11.1. The van der Waals surface area contributed by atoms with Crippen LogP contribution in [0.3, 0.4) is 0 Å². The van der Waals surface area contributed by atoms with Gasteiger partial charge in [0.2, 0.25) is 0 Å². The Bertz CT molecular complexity index is 378. The van der Waals surface area contributed by atoms with Gasteiger partial charge in [0, 0.05) is 0 Å². The molecular weight excluding hydrogens is 194 g/mol. The van der Waals surface area contributed by atoms with Crippen LogP contribution in [-0.4, -0.2) is 18.2 Å². The van der Waals surface area contributed by atoms with Crippen molar-refractivity contribution < 1.29 is 14.6 Å². The van der Waals surface area contributed by atoms with E-state index in [0.29, 0.717) is 6.42 Å². The number of rotatable bonds is 3. The van der Waals surface area contributed by atoms with E-state index >= 15 is 0 Å². The second-order valence-corrected chi connectivity index (χ2v) is 3.08. The van der Waals surface area contributed by atoms with Crippen LogP contribution in [-0.2, 0) is 16.0 Å². The van der Waals surface area contributed by atoms with Gasteiger partial charge in [-0.25, -0.2) is 0 Å². The predicted molar refractivity (Wildman–Crippen MR) is 52.9 cm³/mol. The highest BCUT2D eigenvalue weighted by atomic mass is 16.5. The summed E-state index contributed by atoms with van der Waals surface area (Å²) in [5, 5.41) is 17.8. The summed E-state index contributed by atoms with van der Waals surface area (Å²) < 4.78 is 4.49. The Hall–Kier alpha value is -2.02. The van der Waals surface area contributed by atoms with E-state index in [9.17, 15) is 4.79 Å². The average Bonchev–Trinajstić information content (AvgIpc) is 2.27. The molecule has 0 fully saturated rings. The predicted octanol–water partition coefficient (Wildman–Crippen LogP) is 1.25. The zero-order valence-corrected chi connectivity index (χ0v) is 8.30. The Morgan fingerprint density at radius 2 is 2.13 bits per heavy atom. The summed E-state index contributed by atoms with van der Waals surface area (Å²) in [7, 11) is 1.25. The largest absolute Gasteiger partial charge is 0.508 e. The molecule has 0 bridgehead atoms. The van der Waals surface area contributed by atoms with Crippen LogP contribution >= 0.6 is 0 Å². The number of methoxy groups -OCH3 is 1. The maximum absolute atomic E-state index is 11.1. The summed E-state index contributed by atoms with van der Waals surface area (Å²) in [6, 6.07) is 8.25.